The molecule has 0 spiro atoms. The number of aromatic nitrogens is 3. The Morgan fingerprint density at radius 1 is 0.865 bits per heavy atom. The van der Waals surface area contributed by atoms with Crippen molar-refractivity contribution in [1.82, 2.24) is 15.0 Å². The molecule has 0 atom stereocenters. The summed E-state index contributed by atoms with van der Waals surface area (Å²) < 4.78 is 1.14. The Hall–Kier alpha value is -4.30. The van der Waals surface area contributed by atoms with E-state index in [1.807, 2.05) is 48.5 Å². The van der Waals surface area contributed by atoms with Gasteiger partial charge in [0.25, 0.3) is 0 Å². The van der Waals surface area contributed by atoms with Crippen LogP contribution >= 0.6 is 11.3 Å². The van der Waals surface area contributed by atoms with Crippen molar-refractivity contribution in [2.24, 2.45) is 0 Å². The molecule has 0 aliphatic carbocycles. The maximum atomic E-state index is 10.8. The number of aliphatic carboxylic acids is 1. The van der Waals surface area contributed by atoms with Gasteiger partial charge in [0.2, 0.25) is 5.95 Å². The first-order valence-electron chi connectivity index (χ1n) is 12.2. The summed E-state index contributed by atoms with van der Waals surface area (Å²) >= 11 is 1.60. The van der Waals surface area contributed by atoms with Gasteiger partial charge in [-0.25, -0.2) is 9.97 Å². The number of nitrogens with one attached hydrogen (secondary N) is 2. The predicted molar refractivity (Wildman–Crippen MR) is 149 cm³/mol. The van der Waals surface area contributed by atoms with Gasteiger partial charge in [-0.1, -0.05) is 66.8 Å². The van der Waals surface area contributed by atoms with E-state index in [0.29, 0.717) is 24.6 Å². The molecule has 5 rings (SSSR count). The summed E-state index contributed by atoms with van der Waals surface area (Å²) in [5, 5.41) is 16.4. The van der Waals surface area contributed by atoms with Gasteiger partial charge < -0.3 is 15.7 Å². The van der Waals surface area contributed by atoms with Crippen LogP contribution in [-0.2, 0) is 24.1 Å². The van der Waals surface area contributed by atoms with Crippen LogP contribution in [0.1, 0.15) is 35.7 Å². The molecule has 8 heteroatoms. The molecule has 0 amide bonds. The maximum Gasteiger partial charge on any atom is 0.303 e. The summed E-state index contributed by atoms with van der Waals surface area (Å²) in [7, 11) is 0. The lowest BCUT2D eigenvalue weighted by Crippen LogP contribution is -2.04. The van der Waals surface area contributed by atoms with E-state index < -0.39 is 5.97 Å². The van der Waals surface area contributed by atoms with Crippen molar-refractivity contribution in [1.29, 1.82) is 0 Å². The Kier molecular flexibility index (Phi) is 7.37. The molecular formula is C29H27N5O2S. The van der Waals surface area contributed by atoms with Crippen LogP contribution in [0.2, 0.25) is 0 Å². The summed E-state index contributed by atoms with van der Waals surface area (Å²) in [6, 6.07) is 26.2. The molecule has 0 aliphatic heterocycles. The number of anilines is 4. The zero-order valence-electron chi connectivity index (χ0n) is 20.4. The van der Waals surface area contributed by atoms with Crippen LogP contribution in [0.4, 0.5) is 22.6 Å². The third-order valence-electron chi connectivity index (χ3n) is 5.94. The van der Waals surface area contributed by atoms with E-state index in [2.05, 4.69) is 47.9 Å². The first kappa shape index (κ1) is 24.4. The van der Waals surface area contributed by atoms with Crippen LogP contribution in [0.5, 0.6) is 0 Å². The Labute approximate surface area is 219 Å². The van der Waals surface area contributed by atoms with Crippen LogP contribution < -0.4 is 10.6 Å². The number of carboxylic acids is 1. The second-order valence-electron chi connectivity index (χ2n) is 8.75. The molecule has 0 bridgehead atoms. The number of aryl methyl sites for hydroxylation is 2. The predicted octanol–water partition coefficient (Wildman–Crippen LogP) is 6.74. The topological polar surface area (TPSA) is 100 Å². The maximum absolute atomic E-state index is 10.8. The van der Waals surface area contributed by atoms with Crippen molar-refractivity contribution in [3.05, 3.63) is 101 Å². The van der Waals surface area contributed by atoms with Gasteiger partial charge in [-0.2, -0.15) is 4.98 Å². The van der Waals surface area contributed by atoms with Crippen molar-refractivity contribution in [3.8, 4) is 0 Å². The molecule has 0 radical (unpaired) electrons. The van der Waals surface area contributed by atoms with E-state index in [1.54, 1.807) is 11.3 Å². The lowest BCUT2D eigenvalue weighted by atomic mass is 10.1. The molecule has 37 heavy (non-hydrogen) atoms. The molecule has 2 heterocycles. The van der Waals surface area contributed by atoms with Crippen molar-refractivity contribution in [3.63, 3.8) is 0 Å². The van der Waals surface area contributed by atoms with Crippen LogP contribution in [-0.4, -0.2) is 26.0 Å². The van der Waals surface area contributed by atoms with Crippen LogP contribution in [0.15, 0.2) is 78.9 Å². The number of carboxylic acid groups (broad SMARTS) is 1. The second-order valence-corrected chi connectivity index (χ2v) is 9.78. The molecule has 7 nitrogen and oxygen atoms in total. The smallest absolute Gasteiger partial charge is 0.303 e. The highest BCUT2D eigenvalue weighted by atomic mass is 32.1. The van der Waals surface area contributed by atoms with Gasteiger partial charge in [-0.05, 0) is 53.8 Å². The lowest BCUT2D eigenvalue weighted by Gasteiger charge is -2.11. The van der Waals surface area contributed by atoms with Crippen molar-refractivity contribution < 1.29 is 9.90 Å². The molecule has 0 fully saturated rings. The number of hydrogen-bond acceptors (Lipinski definition) is 7. The molecule has 3 N–H and O–H groups in total. The van der Waals surface area contributed by atoms with E-state index in [-0.39, 0.29) is 6.42 Å². The summed E-state index contributed by atoms with van der Waals surface area (Å²) in [5.74, 6) is 0.338. The van der Waals surface area contributed by atoms with Crippen molar-refractivity contribution in [2.45, 2.75) is 32.6 Å². The minimum absolute atomic E-state index is 0.109. The third kappa shape index (κ3) is 6.48. The van der Waals surface area contributed by atoms with Gasteiger partial charge in [-0.3, -0.25) is 4.79 Å². The zero-order valence-corrected chi connectivity index (χ0v) is 21.3. The minimum Gasteiger partial charge on any atom is -0.481 e. The normalized spacial score (nSPS) is 10.9. The summed E-state index contributed by atoms with van der Waals surface area (Å²) in [5.41, 5.74) is 6.08. The Balaban J connectivity index is 1.40. The number of fused-ring (bicyclic) bond motifs is 1. The Morgan fingerprint density at radius 3 is 2.41 bits per heavy atom. The number of carbonyl (C=O) groups is 1. The van der Waals surface area contributed by atoms with Gasteiger partial charge in [0.1, 0.15) is 5.82 Å². The summed E-state index contributed by atoms with van der Waals surface area (Å²) in [4.78, 5) is 25.0. The van der Waals surface area contributed by atoms with Crippen LogP contribution in [0, 0.1) is 0 Å². The second kappa shape index (κ2) is 11.2. The lowest BCUT2D eigenvalue weighted by molar-refractivity contribution is -0.136. The fourth-order valence-corrected chi connectivity index (χ4v) is 4.94. The average Bonchev–Trinajstić information content (AvgIpc) is 3.30. The molecule has 0 saturated carbocycles. The Morgan fingerprint density at radius 2 is 1.65 bits per heavy atom. The molecule has 0 unspecified atom stereocenters. The Bertz CT molecular complexity index is 1520. The van der Waals surface area contributed by atoms with Crippen molar-refractivity contribution in [2.75, 3.05) is 10.6 Å². The van der Waals surface area contributed by atoms with E-state index in [9.17, 15) is 4.79 Å². The molecule has 0 saturated heterocycles. The molecular weight excluding hydrogens is 482 g/mol. The fraction of sp³-hybridized carbons (Fsp3) is 0.172. The van der Waals surface area contributed by atoms with E-state index >= 15 is 0 Å². The molecule has 5 aromatic rings. The minimum atomic E-state index is -0.801. The van der Waals surface area contributed by atoms with E-state index in [0.717, 1.165) is 44.3 Å². The van der Waals surface area contributed by atoms with Gasteiger partial charge in [0, 0.05) is 24.6 Å². The average molecular weight is 510 g/mol. The number of rotatable bonds is 10. The van der Waals surface area contributed by atoms with Gasteiger partial charge in [0.05, 0.1) is 15.9 Å². The number of hydrogen-bond donors (Lipinski definition) is 3. The third-order valence-corrected chi connectivity index (χ3v) is 6.87. The molecule has 2 aromatic heterocycles. The fourth-order valence-electron chi connectivity index (χ4n) is 4.00. The molecule has 3 aromatic carbocycles. The molecule has 186 valence electrons. The highest BCUT2D eigenvalue weighted by Crippen LogP contribution is 2.29. The zero-order chi connectivity index (χ0) is 25.6. The van der Waals surface area contributed by atoms with E-state index in [4.69, 9.17) is 20.1 Å². The van der Waals surface area contributed by atoms with Gasteiger partial charge in [0.15, 0.2) is 5.13 Å². The summed E-state index contributed by atoms with van der Waals surface area (Å²) in [6.07, 6.45) is 2.26. The quantitative estimate of drug-likeness (QED) is 0.192. The van der Waals surface area contributed by atoms with Gasteiger partial charge >= 0.3 is 5.97 Å². The first-order valence-corrected chi connectivity index (χ1v) is 13.0. The monoisotopic (exact) mass is 509 g/mol. The van der Waals surface area contributed by atoms with Gasteiger partial charge in [-0.15, -0.1) is 0 Å². The standard InChI is InChI=1S/C29H27N5O2S/c1-2-19-10-14-24-25(17-19)37-29(32-24)34-26-18-23(16-21-6-4-3-5-7-21)31-28(33-26)30-22-12-8-20(9-13-22)11-15-27(35)36/h3-10,12-14,17-18H,2,11,15-16H2,1H3,(H,35,36)(H2,30,31,32,33,34). The highest BCUT2D eigenvalue weighted by molar-refractivity contribution is 7.22. The highest BCUT2D eigenvalue weighted by Gasteiger charge is 2.10. The van der Waals surface area contributed by atoms with E-state index in [1.165, 1.54) is 5.56 Å². The number of benzene rings is 3. The largest absolute Gasteiger partial charge is 0.481 e. The number of thiazole rings is 1. The number of nitrogens with zero attached hydrogens (tertiary/aromatic N) is 3. The SMILES string of the molecule is CCc1ccc2nc(Nc3cc(Cc4ccccc4)nc(Nc4ccc(CCC(=O)O)cc4)n3)sc2c1. The summed E-state index contributed by atoms with van der Waals surface area (Å²) in [6.45, 7) is 2.15. The van der Waals surface area contributed by atoms with Crippen molar-refractivity contribution >= 4 is 50.1 Å². The first-order chi connectivity index (χ1) is 18.0. The van der Waals surface area contributed by atoms with Crippen LogP contribution in [0.25, 0.3) is 10.2 Å². The van der Waals surface area contributed by atoms with Crippen LogP contribution in [0.3, 0.4) is 0 Å². The molecule has 0 aliphatic rings.